The summed E-state index contributed by atoms with van der Waals surface area (Å²) >= 11 is 5.94. The van der Waals surface area contributed by atoms with E-state index in [1.807, 2.05) is 36.9 Å². The largest absolute Gasteiger partial charge is 0.362 e. The zero-order chi connectivity index (χ0) is 21.7. The summed E-state index contributed by atoms with van der Waals surface area (Å²) in [7, 11) is 0. The number of nitrogens with zero attached hydrogens (tertiary/aromatic N) is 1. The van der Waals surface area contributed by atoms with Crippen molar-refractivity contribution in [2.45, 2.75) is 52.0 Å². The van der Waals surface area contributed by atoms with Crippen LogP contribution in [-0.4, -0.2) is 19.0 Å². The predicted molar refractivity (Wildman–Crippen MR) is 118 cm³/mol. The summed E-state index contributed by atoms with van der Waals surface area (Å²) < 4.78 is 29.5. The van der Waals surface area contributed by atoms with Gasteiger partial charge >= 0.3 is 0 Å². The number of anilines is 1. The molecule has 2 aromatic rings. The van der Waals surface area contributed by atoms with Crippen LogP contribution in [0.25, 0.3) is 0 Å². The van der Waals surface area contributed by atoms with Crippen LogP contribution in [0, 0.1) is 17.6 Å². The van der Waals surface area contributed by atoms with Gasteiger partial charge in [0.2, 0.25) is 5.91 Å². The lowest BCUT2D eigenvalue weighted by Gasteiger charge is -2.33. The predicted octanol–water partition coefficient (Wildman–Crippen LogP) is 6.05. The van der Waals surface area contributed by atoms with Crippen LogP contribution >= 0.6 is 11.6 Å². The molecule has 0 spiro atoms. The van der Waals surface area contributed by atoms with E-state index >= 15 is 0 Å². The highest BCUT2D eigenvalue weighted by Crippen LogP contribution is 2.34. The molecule has 1 heterocycles. The zero-order valence-electron chi connectivity index (χ0n) is 17.6. The maximum Gasteiger partial charge on any atom is 0.240 e. The maximum atomic E-state index is 14.8. The summed E-state index contributed by atoms with van der Waals surface area (Å²) in [6.07, 6.45) is 4.26. The van der Waals surface area contributed by atoms with Gasteiger partial charge in [-0.15, -0.1) is 0 Å². The molecule has 2 aromatic carbocycles. The summed E-state index contributed by atoms with van der Waals surface area (Å²) in [5.41, 5.74) is 2.13. The molecule has 0 aliphatic carbocycles. The van der Waals surface area contributed by atoms with Crippen molar-refractivity contribution in [1.29, 1.82) is 0 Å². The number of amides is 1. The minimum absolute atomic E-state index is 0.0879. The van der Waals surface area contributed by atoms with Crippen LogP contribution in [0.3, 0.4) is 0 Å². The molecule has 2 atom stereocenters. The number of nitrogens with one attached hydrogen (secondary N) is 1. The highest BCUT2D eigenvalue weighted by Gasteiger charge is 2.30. The number of aryl methyl sites for hydroxylation is 1. The Morgan fingerprint density at radius 1 is 1.20 bits per heavy atom. The molecule has 1 unspecified atom stereocenters. The quantitative estimate of drug-likeness (QED) is 0.512. The Hall–Kier alpha value is -2.14. The molecule has 0 radical (unpaired) electrons. The van der Waals surface area contributed by atoms with Crippen LogP contribution in [-0.2, 0) is 11.2 Å². The molecule has 3 rings (SSSR count). The number of rotatable bonds is 8. The second-order valence-electron chi connectivity index (χ2n) is 7.91. The third-order valence-corrected chi connectivity index (χ3v) is 6.20. The van der Waals surface area contributed by atoms with Gasteiger partial charge in [-0.25, -0.2) is 8.78 Å². The summed E-state index contributed by atoms with van der Waals surface area (Å²) in [5, 5.41) is 2.80. The van der Waals surface area contributed by atoms with Crippen molar-refractivity contribution in [3.8, 4) is 0 Å². The van der Waals surface area contributed by atoms with Gasteiger partial charge in [0, 0.05) is 17.8 Å². The average molecular weight is 435 g/mol. The van der Waals surface area contributed by atoms with Crippen LogP contribution in [0.2, 0.25) is 5.02 Å². The first-order valence-corrected chi connectivity index (χ1v) is 11.1. The number of hydrogen-bond donors (Lipinski definition) is 1. The van der Waals surface area contributed by atoms with Gasteiger partial charge in [-0.05, 0) is 48.9 Å². The fraction of sp³-hybridized carbons (Fsp3) is 0.458. The molecule has 1 N–H and O–H groups in total. The van der Waals surface area contributed by atoms with Gasteiger partial charge in [0.15, 0.2) is 0 Å². The lowest BCUT2D eigenvalue weighted by Crippen LogP contribution is -2.43. The molecule has 30 heavy (non-hydrogen) atoms. The number of carbonyl (C=O) groups excluding carboxylic acids is 1. The van der Waals surface area contributed by atoms with Gasteiger partial charge in [-0.1, -0.05) is 56.5 Å². The minimum Gasteiger partial charge on any atom is -0.362 e. The number of fused-ring (bicyclic) bond motifs is 1. The summed E-state index contributed by atoms with van der Waals surface area (Å²) in [6.45, 7) is 4.93. The first kappa shape index (κ1) is 22.5. The molecule has 1 amide bonds. The Morgan fingerprint density at radius 3 is 2.70 bits per heavy atom. The molecule has 0 fully saturated rings. The van der Waals surface area contributed by atoms with E-state index in [0.717, 1.165) is 37.9 Å². The fourth-order valence-corrected chi connectivity index (χ4v) is 4.56. The molecule has 1 aliphatic rings. The second kappa shape index (κ2) is 10.3. The van der Waals surface area contributed by atoms with Crippen LogP contribution in [0.1, 0.15) is 56.7 Å². The van der Waals surface area contributed by atoms with Gasteiger partial charge in [-0.3, -0.25) is 4.79 Å². The van der Waals surface area contributed by atoms with Gasteiger partial charge in [0.1, 0.15) is 11.6 Å². The van der Waals surface area contributed by atoms with E-state index in [9.17, 15) is 13.6 Å². The minimum atomic E-state index is -0.792. The molecular formula is C24H29ClF2N2O. The maximum absolute atomic E-state index is 14.8. The van der Waals surface area contributed by atoms with Crippen molar-refractivity contribution in [2.75, 3.05) is 18.0 Å². The molecule has 0 saturated carbocycles. The number of carbonyl (C=O) groups is 1. The Bertz CT molecular complexity index is 890. The van der Waals surface area contributed by atoms with Gasteiger partial charge in [-0.2, -0.15) is 0 Å². The summed E-state index contributed by atoms with van der Waals surface area (Å²) in [5.74, 6) is -1.81. The lowest BCUT2D eigenvalue weighted by atomic mass is 9.86. The smallest absolute Gasteiger partial charge is 0.240 e. The van der Waals surface area contributed by atoms with Crippen LogP contribution in [0.15, 0.2) is 36.4 Å². The topological polar surface area (TPSA) is 32.3 Å². The number of para-hydroxylation sites is 1. The van der Waals surface area contributed by atoms with Crippen molar-refractivity contribution in [3.63, 3.8) is 0 Å². The average Bonchev–Trinajstić information content (AvgIpc) is 2.74. The molecule has 6 heteroatoms. The monoisotopic (exact) mass is 434 g/mol. The zero-order valence-corrected chi connectivity index (χ0v) is 18.3. The van der Waals surface area contributed by atoms with Crippen LogP contribution in [0.5, 0.6) is 0 Å². The van der Waals surface area contributed by atoms with E-state index in [1.165, 1.54) is 17.7 Å². The van der Waals surface area contributed by atoms with Crippen LogP contribution < -0.4 is 10.2 Å². The van der Waals surface area contributed by atoms with E-state index in [-0.39, 0.29) is 29.0 Å². The van der Waals surface area contributed by atoms with E-state index in [0.29, 0.717) is 6.42 Å². The molecule has 0 aromatic heterocycles. The lowest BCUT2D eigenvalue weighted by molar-refractivity contribution is -0.121. The third-order valence-electron chi connectivity index (χ3n) is 5.90. The Balaban J connectivity index is 1.85. The fourth-order valence-electron chi connectivity index (χ4n) is 4.40. The molecule has 1 aliphatic heterocycles. The van der Waals surface area contributed by atoms with Crippen molar-refractivity contribution >= 4 is 23.2 Å². The molecule has 0 saturated heterocycles. The van der Waals surface area contributed by atoms with Gasteiger partial charge in [0.25, 0.3) is 0 Å². The van der Waals surface area contributed by atoms with E-state index < -0.39 is 17.7 Å². The number of halogens is 3. The first-order valence-electron chi connectivity index (χ1n) is 10.7. The summed E-state index contributed by atoms with van der Waals surface area (Å²) in [4.78, 5) is 15.0. The van der Waals surface area contributed by atoms with Crippen molar-refractivity contribution < 1.29 is 13.6 Å². The molecule has 0 bridgehead atoms. The normalized spacial score (nSPS) is 15.4. The van der Waals surface area contributed by atoms with Crippen molar-refractivity contribution in [2.24, 2.45) is 5.92 Å². The number of benzene rings is 2. The van der Waals surface area contributed by atoms with Gasteiger partial charge < -0.3 is 10.2 Å². The molecular weight excluding hydrogens is 406 g/mol. The highest BCUT2D eigenvalue weighted by atomic mass is 35.5. The van der Waals surface area contributed by atoms with Crippen molar-refractivity contribution in [3.05, 3.63) is 64.2 Å². The molecule has 162 valence electrons. The van der Waals surface area contributed by atoms with Gasteiger partial charge in [0.05, 0.1) is 17.6 Å². The Kier molecular flexibility index (Phi) is 7.70. The van der Waals surface area contributed by atoms with E-state index in [1.54, 1.807) is 0 Å². The summed E-state index contributed by atoms with van der Waals surface area (Å²) in [6, 6.07) is 9.66. The van der Waals surface area contributed by atoms with Crippen molar-refractivity contribution in [1.82, 2.24) is 5.32 Å². The Morgan fingerprint density at radius 2 is 1.97 bits per heavy atom. The number of hydrogen-bond acceptors (Lipinski definition) is 2. The van der Waals surface area contributed by atoms with E-state index in [2.05, 4.69) is 11.4 Å². The highest BCUT2D eigenvalue weighted by molar-refractivity contribution is 6.30. The SMILES string of the molecule is CCCC(CC)[C@H](NC(=O)CN1CCCc2ccccc21)c1c(F)ccc(Cl)c1F. The standard InChI is InChI=1S/C24H29ClF2N2O/c1-3-8-16(4-2)24(22-19(26)13-12-18(25)23(22)27)28-21(30)15-29-14-7-10-17-9-5-6-11-20(17)29/h5-6,9,11-13,16,24H,3-4,7-8,10,14-15H2,1-2H3,(H,28,30)/t16?,24-/m0/s1. The van der Waals surface area contributed by atoms with E-state index in [4.69, 9.17) is 11.6 Å². The third kappa shape index (κ3) is 4.94. The molecule has 3 nitrogen and oxygen atoms in total. The Labute approximate surface area is 182 Å². The second-order valence-corrected chi connectivity index (χ2v) is 8.32. The first-order chi connectivity index (χ1) is 14.5. The van der Waals surface area contributed by atoms with Crippen LogP contribution in [0.4, 0.5) is 14.5 Å².